The molecule has 0 aliphatic carbocycles. The molecule has 1 aromatic carbocycles. The van der Waals surface area contributed by atoms with Crippen molar-refractivity contribution in [3.05, 3.63) is 41.7 Å². The van der Waals surface area contributed by atoms with E-state index in [1.54, 1.807) is 6.07 Å². The second-order valence-electron chi connectivity index (χ2n) is 5.31. The summed E-state index contributed by atoms with van der Waals surface area (Å²) in [6, 6.07) is 5.04. The maximum absolute atomic E-state index is 13.8. The van der Waals surface area contributed by atoms with Crippen molar-refractivity contribution in [1.82, 2.24) is 5.32 Å². The summed E-state index contributed by atoms with van der Waals surface area (Å²) >= 11 is 0. The number of rotatable bonds is 8. The third-order valence-electron chi connectivity index (χ3n) is 2.69. The predicted molar refractivity (Wildman–Crippen MR) is 77.9 cm³/mol. The number of nitrogens with one attached hydrogen (secondary N) is 1. The lowest BCUT2D eigenvalue weighted by molar-refractivity contribution is 0.300. The molecule has 1 N–H and O–H groups in total. The van der Waals surface area contributed by atoms with Gasteiger partial charge in [0.05, 0.1) is 6.61 Å². The van der Waals surface area contributed by atoms with Gasteiger partial charge in [-0.15, -0.1) is 6.58 Å². The first kappa shape index (κ1) is 15.7. The van der Waals surface area contributed by atoms with Crippen molar-refractivity contribution in [3.63, 3.8) is 0 Å². The van der Waals surface area contributed by atoms with Crippen molar-refractivity contribution in [2.24, 2.45) is 5.92 Å². The maximum atomic E-state index is 13.8. The fraction of sp³-hybridized carbons (Fsp3) is 0.500. The first-order valence-corrected chi connectivity index (χ1v) is 6.76. The second kappa shape index (κ2) is 7.95. The molecule has 0 bridgehead atoms. The molecule has 0 radical (unpaired) electrons. The normalized spacial score (nSPS) is 10.8. The molecule has 1 rings (SSSR count). The highest BCUT2D eigenvalue weighted by molar-refractivity contribution is 5.35. The van der Waals surface area contributed by atoms with E-state index in [9.17, 15) is 4.39 Å². The number of para-hydroxylation sites is 1. The Balaban J connectivity index is 2.63. The average molecular weight is 265 g/mol. The zero-order chi connectivity index (χ0) is 14.3. The topological polar surface area (TPSA) is 21.3 Å². The van der Waals surface area contributed by atoms with Gasteiger partial charge >= 0.3 is 0 Å². The summed E-state index contributed by atoms with van der Waals surface area (Å²) in [5.74, 6) is 0.631. The monoisotopic (exact) mass is 265 g/mol. The molecule has 0 spiro atoms. The quantitative estimate of drug-likeness (QED) is 0.719. The molecule has 0 fully saturated rings. The van der Waals surface area contributed by atoms with Crippen LogP contribution in [0.1, 0.15) is 32.8 Å². The lowest BCUT2D eigenvalue weighted by Gasteiger charge is -2.14. The molecular formula is C16H24FNO. The Kier molecular flexibility index (Phi) is 6.57. The van der Waals surface area contributed by atoms with Gasteiger partial charge in [0, 0.05) is 18.5 Å². The molecule has 0 saturated carbocycles. The van der Waals surface area contributed by atoms with Crippen LogP contribution < -0.4 is 10.1 Å². The summed E-state index contributed by atoms with van der Waals surface area (Å²) in [5, 5.41) is 3.30. The van der Waals surface area contributed by atoms with Crippen molar-refractivity contribution in [1.29, 1.82) is 0 Å². The van der Waals surface area contributed by atoms with Gasteiger partial charge in [0.1, 0.15) is 0 Å². The second-order valence-corrected chi connectivity index (χ2v) is 5.31. The number of hydrogen-bond acceptors (Lipinski definition) is 2. The van der Waals surface area contributed by atoms with Gasteiger partial charge in [-0.3, -0.25) is 0 Å². The first-order valence-electron chi connectivity index (χ1n) is 6.76. The van der Waals surface area contributed by atoms with Gasteiger partial charge in [-0.05, 0) is 25.5 Å². The highest BCUT2D eigenvalue weighted by Crippen LogP contribution is 2.23. The summed E-state index contributed by atoms with van der Waals surface area (Å²) in [6.45, 7) is 12.0. The third kappa shape index (κ3) is 5.88. The Hall–Kier alpha value is -1.35. The highest BCUT2D eigenvalue weighted by atomic mass is 19.1. The Bertz CT molecular complexity index is 415. The molecule has 0 aliphatic heterocycles. The predicted octanol–water partition coefficient (Wildman–Crippen LogP) is 3.92. The van der Waals surface area contributed by atoms with Crippen LogP contribution in [0.2, 0.25) is 0 Å². The van der Waals surface area contributed by atoms with E-state index in [0.29, 0.717) is 24.8 Å². The van der Waals surface area contributed by atoms with E-state index in [1.807, 2.05) is 13.0 Å². The molecule has 19 heavy (non-hydrogen) atoms. The molecule has 2 nitrogen and oxygen atoms in total. The molecule has 0 heterocycles. The lowest BCUT2D eigenvalue weighted by Crippen LogP contribution is -2.19. The summed E-state index contributed by atoms with van der Waals surface area (Å²) in [4.78, 5) is 0. The minimum absolute atomic E-state index is 0.300. The van der Waals surface area contributed by atoms with E-state index < -0.39 is 0 Å². The Morgan fingerprint density at radius 3 is 2.79 bits per heavy atom. The molecule has 0 aromatic heterocycles. The molecule has 0 saturated heterocycles. The van der Waals surface area contributed by atoms with Crippen LogP contribution in [0.15, 0.2) is 30.4 Å². The molecule has 0 unspecified atom stereocenters. The molecule has 0 atom stereocenters. The minimum Gasteiger partial charge on any atom is -0.490 e. The van der Waals surface area contributed by atoms with Crippen LogP contribution in [0.3, 0.4) is 0 Å². The van der Waals surface area contributed by atoms with E-state index in [1.165, 1.54) is 6.07 Å². The van der Waals surface area contributed by atoms with Crippen LogP contribution in [-0.4, -0.2) is 13.2 Å². The fourth-order valence-corrected chi connectivity index (χ4v) is 1.68. The average Bonchev–Trinajstić information content (AvgIpc) is 2.31. The molecule has 106 valence electrons. The van der Waals surface area contributed by atoms with Crippen LogP contribution in [0.5, 0.6) is 5.75 Å². The first-order chi connectivity index (χ1) is 9.00. The number of halogens is 1. The van der Waals surface area contributed by atoms with Gasteiger partial charge in [0.15, 0.2) is 11.6 Å². The summed E-state index contributed by atoms with van der Waals surface area (Å²) in [7, 11) is 0. The number of benzene rings is 1. The fourth-order valence-electron chi connectivity index (χ4n) is 1.68. The van der Waals surface area contributed by atoms with Crippen LogP contribution in [0.25, 0.3) is 0 Å². The molecule has 0 amide bonds. The van der Waals surface area contributed by atoms with Crippen LogP contribution in [0.4, 0.5) is 4.39 Å². The number of ether oxygens (including phenoxy) is 1. The van der Waals surface area contributed by atoms with Gasteiger partial charge in [-0.25, -0.2) is 4.39 Å². The minimum atomic E-state index is -0.300. The van der Waals surface area contributed by atoms with Crippen molar-refractivity contribution >= 4 is 0 Å². The number of hydrogen-bond donors (Lipinski definition) is 1. The van der Waals surface area contributed by atoms with Crippen molar-refractivity contribution < 1.29 is 9.13 Å². The molecule has 1 aromatic rings. The van der Waals surface area contributed by atoms with E-state index in [-0.39, 0.29) is 5.82 Å². The zero-order valence-electron chi connectivity index (χ0n) is 12.1. The summed E-state index contributed by atoms with van der Waals surface area (Å²) < 4.78 is 19.3. The standard InChI is InChI=1S/C16H24FNO/c1-12(2)8-9-19-16-14(6-5-7-15(16)17)11-18-10-13(3)4/h5-7,13,18H,1,8-11H2,2-4H3. The highest BCUT2D eigenvalue weighted by Gasteiger charge is 2.09. The van der Waals surface area contributed by atoms with E-state index in [2.05, 4.69) is 25.7 Å². The van der Waals surface area contributed by atoms with Crippen molar-refractivity contribution in [2.75, 3.05) is 13.2 Å². The van der Waals surface area contributed by atoms with Crippen molar-refractivity contribution in [2.45, 2.75) is 33.7 Å². The van der Waals surface area contributed by atoms with Gasteiger partial charge in [0.25, 0.3) is 0 Å². The smallest absolute Gasteiger partial charge is 0.165 e. The summed E-state index contributed by atoms with van der Waals surface area (Å²) in [6.07, 6.45) is 0.743. The van der Waals surface area contributed by atoms with Crippen LogP contribution in [0, 0.1) is 11.7 Å². The van der Waals surface area contributed by atoms with Crippen molar-refractivity contribution in [3.8, 4) is 5.75 Å². The maximum Gasteiger partial charge on any atom is 0.165 e. The summed E-state index contributed by atoms with van der Waals surface area (Å²) in [5.41, 5.74) is 1.90. The van der Waals surface area contributed by atoms with E-state index in [0.717, 1.165) is 24.1 Å². The Labute approximate surface area is 115 Å². The molecule has 3 heteroatoms. The third-order valence-corrected chi connectivity index (χ3v) is 2.69. The molecule has 0 aliphatic rings. The van der Waals surface area contributed by atoms with E-state index in [4.69, 9.17) is 4.74 Å². The largest absolute Gasteiger partial charge is 0.490 e. The van der Waals surface area contributed by atoms with Gasteiger partial charge in [0.2, 0.25) is 0 Å². The van der Waals surface area contributed by atoms with E-state index >= 15 is 0 Å². The van der Waals surface area contributed by atoms with Gasteiger partial charge in [-0.1, -0.05) is 31.6 Å². The Morgan fingerprint density at radius 2 is 2.16 bits per heavy atom. The van der Waals surface area contributed by atoms with Crippen LogP contribution in [-0.2, 0) is 6.54 Å². The zero-order valence-corrected chi connectivity index (χ0v) is 12.1. The van der Waals surface area contributed by atoms with Gasteiger partial charge < -0.3 is 10.1 Å². The lowest BCUT2D eigenvalue weighted by atomic mass is 10.1. The van der Waals surface area contributed by atoms with Crippen LogP contribution >= 0.6 is 0 Å². The SMILES string of the molecule is C=C(C)CCOc1c(F)cccc1CNCC(C)C. The Morgan fingerprint density at radius 1 is 1.42 bits per heavy atom. The molecular weight excluding hydrogens is 241 g/mol. The van der Waals surface area contributed by atoms with Gasteiger partial charge in [-0.2, -0.15) is 0 Å².